The Hall–Kier alpha value is -1.91. The summed E-state index contributed by atoms with van der Waals surface area (Å²) in [5, 5.41) is 11.3. The van der Waals surface area contributed by atoms with Crippen molar-refractivity contribution in [1.82, 2.24) is 10.3 Å². The average molecular weight is 222 g/mol. The maximum absolute atomic E-state index is 11.6. The zero-order valence-corrected chi connectivity index (χ0v) is 9.01. The molecule has 0 aliphatic heterocycles. The number of carbonyl (C=O) groups excluding carboxylic acids is 1. The molecule has 1 heterocycles. The minimum atomic E-state index is -1.01. The zero-order chi connectivity index (χ0) is 12.0. The van der Waals surface area contributed by atoms with Gasteiger partial charge in [0.05, 0.1) is 0 Å². The molecule has 0 aliphatic rings. The zero-order valence-electron chi connectivity index (χ0n) is 9.01. The molecule has 0 saturated heterocycles. The number of hydrogen-bond acceptors (Lipinski definition) is 3. The van der Waals surface area contributed by atoms with Crippen molar-refractivity contribution < 1.29 is 14.7 Å². The van der Waals surface area contributed by atoms with E-state index in [1.54, 1.807) is 12.1 Å². The number of aromatic nitrogens is 1. The van der Waals surface area contributed by atoms with Crippen LogP contribution in [0.15, 0.2) is 24.5 Å². The summed E-state index contributed by atoms with van der Waals surface area (Å²) in [6.45, 7) is 1.87. The second kappa shape index (κ2) is 5.85. The molecule has 86 valence electrons. The third kappa shape index (κ3) is 3.34. The lowest BCUT2D eigenvalue weighted by Gasteiger charge is -2.13. The lowest BCUT2D eigenvalue weighted by Crippen LogP contribution is -2.40. The Morgan fingerprint density at radius 2 is 2.06 bits per heavy atom. The van der Waals surface area contributed by atoms with Crippen LogP contribution >= 0.6 is 0 Å². The molecule has 0 aromatic carbocycles. The monoisotopic (exact) mass is 222 g/mol. The van der Waals surface area contributed by atoms with Gasteiger partial charge in [-0.15, -0.1) is 0 Å². The lowest BCUT2D eigenvalue weighted by atomic mass is 10.1. The van der Waals surface area contributed by atoms with Crippen LogP contribution in [-0.4, -0.2) is 28.0 Å². The van der Waals surface area contributed by atoms with Crippen molar-refractivity contribution in [3.05, 3.63) is 30.1 Å². The van der Waals surface area contributed by atoms with Crippen LogP contribution in [0.5, 0.6) is 0 Å². The molecule has 2 N–H and O–H groups in total. The number of nitrogens with zero attached hydrogens (tertiary/aromatic N) is 1. The van der Waals surface area contributed by atoms with E-state index in [-0.39, 0.29) is 5.91 Å². The molecule has 1 atom stereocenters. The number of rotatable bonds is 5. The second-order valence-electron chi connectivity index (χ2n) is 3.39. The quantitative estimate of drug-likeness (QED) is 0.780. The second-order valence-corrected chi connectivity index (χ2v) is 3.39. The van der Waals surface area contributed by atoms with E-state index in [0.29, 0.717) is 18.4 Å². The van der Waals surface area contributed by atoms with Crippen LogP contribution in [-0.2, 0) is 4.79 Å². The number of hydrogen-bond donors (Lipinski definition) is 2. The van der Waals surface area contributed by atoms with Crippen LogP contribution < -0.4 is 5.32 Å². The molecular weight excluding hydrogens is 208 g/mol. The van der Waals surface area contributed by atoms with Gasteiger partial charge in [-0.25, -0.2) is 4.79 Å². The van der Waals surface area contributed by atoms with Gasteiger partial charge in [0, 0.05) is 18.0 Å². The Bertz CT molecular complexity index is 365. The summed E-state index contributed by atoms with van der Waals surface area (Å²) in [6, 6.07) is 2.26. The van der Waals surface area contributed by atoms with Crippen molar-refractivity contribution in [1.29, 1.82) is 0 Å². The van der Waals surface area contributed by atoms with Gasteiger partial charge in [0.25, 0.3) is 5.91 Å². The van der Waals surface area contributed by atoms with Crippen molar-refractivity contribution in [2.24, 2.45) is 0 Å². The minimum Gasteiger partial charge on any atom is -0.480 e. The average Bonchev–Trinajstić information content (AvgIpc) is 2.29. The normalized spacial score (nSPS) is 11.8. The SMILES string of the molecule is CCCC(NC(=O)c1ccncc1)C(=O)O. The Morgan fingerprint density at radius 1 is 1.44 bits per heavy atom. The lowest BCUT2D eigenvalue weighted by molar-refractivity contribution is -0.139. The number of carbonyl (C=O) groups is 2. The fraction of sp³-hybridized carbons (Fsp3) is 0.364. The number of pyridine rings is 1. The smallest absolute Gasteiger partial charge is 0.326 e. The van der Waals surface area contributed by atoms with Gasteiger partial charge in [-0.1, -0.05) is 13.3 Å². The van der Waals surface area contributed by atoms with Crippen LogP contribution in [0, 0.1) is 0 Å². The molecule has 0 aliphatic carbocycles. The van der Waals surface area contributed by atoms with Crippen molar-refractivity contribution in [3.8, 4) is 0 Å². The van der Waals surface area contributed by atoms with Gasteiger partial charge in [-0.3, -0.25) is 9.78 Å². The van der Waals surface area contributed by atoms with Gasteiger partial charge < -0.3 is 10.4 Å². The van der Waals surface area contributed by atoms with E-state index in [1.807, 2.05) is 6.92 Å². The molecule has 0 fully saturated rings. The molecule has 1 aromatic heterocycles. The minimum absolute atomic E-state index is 0.386. The first-order chi connectivity index (χ1) is 7.65. The van der Waals surface area contributed by atoms with E-state index < -0.39 is 12.0 Å². The summed E-state index contributed by atoms with van der Waals surface area (Å²) >= 11 is 0. The molecule has 5 heteroatoms. The Labute approximate surface area is 93.5 Å². The first-order valence-electron chi connectivity index (χ1n) is 5.08. The highest BCUT2D eigenvalue weighted by molar-refractivity contribution is 5.96. The van der Waals surface area contributed by atoms with Gasteiger partial charge >= 0.3 is 5.97 Å². The van der Waals surface area contributed by atoms with Gasteiger partial charge in [-0.05, 0) is 18.6 Å². The van der Waals surface area contributed by atoms with Crippen molar-refractivity contribution in [2.75, 3.05) is 0 Å². The highest BCUT2D eigenvalue weighted by Crippen LogP contribution is 2.01. The van der Waals surface area contributed by atoms with E-state index in [1.165, 1.54) is 12.4 Å². The number of carboxylic acids is 1. The highest BCUT2D eigenvalue weighted by atomic mass is 16.4. The molecule has 1 aromatic rings. The van der Waals surface area contributed by atoms with E-state index in [2.05, 4.69) is 10.3 Å². The number of carboxylic acid groups (broad SMARTS) is 1. The molecule has 1 unspecified atom stereocenters. The van der Waals surface area contributed by atoms with Gasteiger partial charge in [-0.2, -0.15) is 0 Å². The van der Waals surface area contributed by atoms with Crippen LogP contribution in [0.3, 0.4) is 0 Å². The predicted molar refractivity (Wildman–Crippen MR) is 58.0 cm³/mol. The Morgan fingerprint density at radius 3 is 2.56 bits per heavy atom. The first-order valence-corrected chi connectivity index (χ1v) is 5.08. The molecule has 16 heavy (non-hydrogen) atoms. The van der Waals surface area contributed by atoms with Crippen LogP contribution in [0.25, 0.3) is 0 Å². The molecule has 0 radical (unpaired) electrons. The van der Waals surface area contributed by atoms with Crippen molar-refractivity contribution in [3.63, 3.8) is 0 Å². The maximum Gasteiger partial charge on any atom is 0.326 e. The molecule has 0 saturated carbocycles. The fourth-order valence-corrected chi connectivity index (χ4v) is 1.29. The summed E-state index contributed by atoms with van der Waals surface area (Å²) in [5.41, 5.74) is 0.414. The van der Waals surface area contributed by atoms with Crippen molar-refractivity contribution in [2.45, 2.75) is 25.8 Å². The van der Waals surface area contributed by atoms with Gasteiger partial charge in [0.15, 0.2) is 0 Å². The number of aliphatic carboxylic acids is 1. The van der Waals surface area contributed by atoms with Crippen molar-refractivity contribution >= 4 is 11.9 Å². The topological polar surface area (TPSA) is 79.3 Å². The summed E-state index contributed by atoms with van der Waals surface area (Å²) in [5.74, 6) is -1.40. The standard InChI is InChI=1S/C11H14N2O3/c1-2-3-9(11(15)16)13-10(14)8-4-6-12-7-5-8/h4-7,9H,2-3H2,1H3,(H,13,14)(H,15,16). The highest BCUT2D eigenvalue weighted by Gasteiger charge is 2.19. The third-order valence-corrected chi connectivity index (χ3v) is 2.12. The van der Waals surface area contributed by atoms with Gasteiger partial charge in [0.2, 0.25) is 0 Å². The summed E-state index contributed by atoms with van der Waals surface area (Å²) in [6.07, 6.45) is 4.11. The molecule has 5 nitrogen and oxygen atoms in total. The van der Waals surface area contributed by atoms with Crippen LogP contribution in [0.2, 0.25) is 0 Å². The van der Waals surface area contributed by atoms with E-state index >= 15 is 0 Å². The van der Waals surface area contributed by atoms with E-state index in [4.69, 9.17) is 5.11 Å². The Kier molecular flexibility index (Phi) is 4.44. The fourth-order valence-electron chi connectivity index (χ4n) is 1.29. The largest absolute Gasteiger partial charge is 0.480 e. The summed E-state index contributed by atoms with van der Waals surface area (Å²) < 4.78 is 0. The van der Waals surface area contributed by atoms with Crippen LogP contribution in [0.1, 0.15) is 30.1 Å². The number of nitrogens with one attached hydrogen (secondary N) is 1. The molecule has 0 spiro atoms. The summed E-state index contributed by atoms with van der Waals surface area (Å²) in [7, 11) is 0. The molecule has 1 rings (SSSR count). The number of amides is 1. The van der Waals surface area contributed by atoms with E-state index in [9.17, 15) is 9.59 Å². The third-order valence-electron chi connectivity index (χ3n) is 2.12. The first kappa shape index (κ1) is 12.2. The van der Waals surface area contributed by atoms with Gasteiger partial charge in [0.1, 0.15) is 6.04 Å². The van der Waals surface area contributed by atoms with Crippen LogP contribution in [0.4, 0.5) is 0 Å². The summed E-state index contributed by atoms with van der Waals surface area (Å²) in [4.78, 5) is 26.2. The molecule has 1 amide bonds. The predicted octanol–water partition coefficient (Wildman–Crippen LogP) is 1.06. The molecule has 0 bridgehead atoms. The Balaban J connectivity index is 2.65. The molecular formula is C11H14N2O3. The maximum atomic E-state index is 11.6. The van der Waals surface area contributed by atoms with E-state index in [0.717, 1.165) is 0 Å².